The Bertz CT molecular complexity index is 567. The van der Waals surface area contributed by atoms with Gasteiger partial charge in [-0.05, 0) is 12.1 Å². The van der Waals surface area contributed by atoms with E-state index in [9.17, 15) is 9.59 Å². The Balaban J connectivity index is 2.04. The first-order valence-corrected chi connectivity index (χ1v) is 4.99. The first kappa shape index (κ1) is 11.7. The number of carboxylic acids is 1. The van der Waals surface area contributed by atoms with Gasteiger partial charge < -0.3 is 10.4 Å². The number of H-pyrrole nitrogens is 1. The minimum absolute atomic E-state index is 0.0365. The molecule has 0 aliphatic heterocycles. The number of aromatic carboxylic acids is 1. The van der Waals surface area contributed by atoms with Crippen LogP contribution in [-0.2, 0) is 6.54 Å². The third-order valence-corrected chi connectivity index (χ3v) is 2.08. The van der Waals surface area contributed by atoms with Gasteiger partial charge in [-0.15, -0.1) is 0 Å². The van der Waals surface area contributed by atoms with Gasteiger partial charge in [0.2, 0.25) is 0 Å². The normalized spacial score (nSPS) is 10.0. The average molecular weight is 247 g/mol. The molecule has 0 spiro atoms. The van der Waals surface area contributed by atoms with Gasteiger partial charge in [0.1, 0.15) is 23.5 Å². The summed E-state index contributed by atoms with van der Waals surface area (Å²) in [5, 5.41) is 17.5. The quantitative estimate of drug-likeness (QED) is 0.689. The van der Waals surface area contributed by atoms with Crippen LogP contribution in [0.3, 0.4) is 0 Å². The molecule has 92 valence electrons. The van der Waals surface area contributed by atoms with E-state index in [0.717, 1.165) is 0 Å². The van der Waals surface area contributed by atoms with E-state index in [0.29, 0.717) is 5.82 Å². The zero-order chi connectivity index (χ0) is 13.0. The zero-order valence-corrected chi connectivity index (χ0v) is 9.12. The first-order valence-electron chi connectivity index (χ1n) is 4.99. The second-order valence-electron chi connectivity index (χ2n) is 3.33. The maximum absolute atomic E-state index is 11.7. The van der Waals surface area contributed by atoms with Crippen molar-refractivity contribution in [3.8, 4) is 0 Å². The van der Waals surface area contributed by atoms with E-state index < -0.39 is 11.9 Å². The average Bonchev–Trinajstić information content (AvgIpc) is 2.89. The minimum atomic E-state index is -1.18. The molecule has 0 unspecified atom stereocenters. The smallest absolute Gasteiger partial charge is 0.354 e. The Morgan fingerprint density at radius 2 is 2.11 bits per heavy atom. The Morgan fingerprint density at radius 3 is 2.78 bits per heavy atom. The molecule has 0 bridgehead atoms. The number of hydrogen-bond acceptors (Lipinski definition) is 5. The number of nitrogens with one attached hydrogen (secondary N) is 2. The number of amides is 1. The van der Waals surface area contributed by atoms with Gasteiger partial charge in [0.05, 0.1) is 6.54 Å². The Kier molecular flexibility index (Phi) is 3.28. The highest BCUT2D eigenvalue weighted by atomic mass is 16.4. The van der Waals surface area contributed by atoms with Gasteiger partial charge in [0.15, 0.2) is 0 Å². The Morgan fingerprint density at radius 1 is 1.33 bits per heavy atom. The van der Waals surface area contributed by atoms with E-state index in [2.05, 4.69) is 25.5 Å². The molecule has 8 heteroatoms. The minimum Gasteiger partial charge on any atom is -0.477 e. The number of aromatic amines is 1. The topological polar surface area (TPSA) is 121 Å². The van der Waals surface area contributed by atoms with Gasteiger partial charge in [-0.3, -0.25) is 9.89 Å². The lowest BCUT2D eigenvalue weighted by Crippen LogP contribution is -2.25. The summed E-state index contributed by atoms with van der Waals surface area (Å²) < 4.78 is 0. The Hall–Kier alpha value is -2.77. The van der Waals surface area contributed by atoms with Crippen LogP contribution in [0.1, 0.15) is 26.8 Å². The number of nitrogens with zero attached hydrogens (tertiary/aromatic N) is 3. The number of rotatable bonds is 4. The van der Waals surface area contributed by atoms with Crippen molar-refractivity contribution < 1.29 is 14.7 Å². The molecule has 0 radical (unpaired) electrons. The van der Waals surface area contributed by atoms with Gasteiger partial charge >= 0.3 is 5.97 Å². The van der Waals surface area contributed by atoms with Crippen LogP contribution in [0.2, 0.25) is 0 Å². The molecule has 0 atom stereocenters. The number of pyridine rings is 1. The van der Waals surface area contributed by atoms with Gasteiger partial charge in [-0.1, -0.05) is 6.07 Å². The molecule has 2 heterocycles. The summed E-state index contributed by atoms with van der Waals surface area (Å²) in [4.78, 5) is 29.9. The summed E-state index contributed by atoms with van der Waals surface area (Å²) in [6.07, 6.45) is 1.32. The van der Waals surface area contributed by atoms with E-state index in [1.807, 2.05) is 0 Å². The monoisotopic (exact) mass is 247 g/mol. The molecular weight excluding hydrogens is 238 g/mol. The van der Waals surface area contributed by atoms with Crippen LogP contribution in [0.4, 0.5) is 0 Å². The predicted octanol–water partition coefficient (Wildman–Crippen LogP) is -0.172. The van der Waals surface area contributed by atoms with Crippen LogP contribution in [0.15, 0.2) is 24.5 Å². The molecule has 0 aliphatic rings. The lowest BCUT2D eigenvalue weighted by Gasteiger charge is -2.02. The highest BCUT2D eigenvalue weighted by Crippen LogP contribution is 2.00. The fraction of sp³-hybridized carbons (Fsp3) is 0.100. The maximum Gasteiger partial charge on any atom is 0.354 e. The van der Waals surface area contributed by atoms with Gasteiger partial charge in [-0.2, -0.15) is 5.10 Å². The standard InChI is InChI=1S/C10H9N5O3/c16-9(11-4-8-12-5-13-15-8)6-2-1-3-7(14-6)10(17)18/h1-3,5H,4H2,(H,11,16)(H,17,18)(H,12,13,15). The van der Waals surface area contributed by atoms with E-state index >= 15 is 0 Å². The number of carbonyl (C=O) groups excluding carboxylic acids is 1. The van der Waals surface area contributed by atoms with Gasteiger partial charge in [0, 0.05) is 0 Å². The van der Waals surface area contributed by atoms with Crippen LogP contribution in [0.5, 0.6) is 0 Å². The molecule has 0 saturated heterocycles. The summed E-state index contributed by atoms with van der Waals surface area (Å²) in [5.41, 5.74) is -0.142. The number of hydrogen-bond donors (Lipinski definition) is 3. The molecule has 8 nitrogen and oxygen atoms in total. The highest BCUT2D eigenvalue weighted by Gasteiger charge is 2.11. The van der Waals surface area contributed by atoms with Crippen molar-refractivity contribution >= 4 is 11.9 Å². The molecule has 0 saturated carbocycles. The molecule has 3 N–H and O–H groups in total. The predicted molar refractivity (Wildman–Crippen MR) is 58.7 cm³/mol. The van der Waals surface area contributed by atoms with Crippen molar-refractivity contribution in [3.63, 3.8) is 0 Å². The first-order chi connectivity index (χ1) is 8.66. The van der Waals surface area contributed by atoms with Crippen molar-refractivity contribution in [2.24, 2.45) is 0 Å². The van der Waals surface area contributed by atoms with E-state index in [4.69, 9.17) is 5.11 Å². The third kappa shape index (κ3) is 2.67. The summed E-state index contributed by atoms with van der Waals surface area (Å²) in [7, 11) is 0. The lowest BCUT2D eigenvalue weighted by atomic mass is 10.3. The second-order valence-corrected chi connectivity index (χ2v) is 3.33. The number of aromatic nitrogens is 4. The van der Waals surface area contributed by atoms with Crippen LogP contribution >= 0.6 is 0 Å². The molecule has 1 amide bonds. The molecule has 0 fully saturated rings. The third-order valence-electron chi connectivity index (χ3n) is 2.08. The summed E-state index contributed by atoms with van der Waals surface area (Å²) >= 11 is 0. The maximum atomic E-state index is 11.7. The fourth-order valence-corrected chi connectivity index (χ4v) is 1.25. The summed E-state index contributed by atoms with van der Waals surface area (Å²) in [6.45, 7) is 0.164. The molecule has 2 rings (SSSR count). The lowest BCUT2D eigenvalue weighted by molar-refractivity contribution is 0.0690. The van der Waals surface area contributed by atoms with Crippen molar-refractivity contribution in [2.75, 3.05) is 0 Å². The summed E-state index contributed by atoms with van der Waals surface area (Å²) in [5.74, 6) is -1.16. The number of carboxylic acid groups (broad SMARTS) is 1. The van der Waals surface area contributed by atoms with Gasteiger partial charge in [0.25, 0.3) is 5.91 Å². The van der Waals surface area contributed by atoms with Crippen LogP contribution in [-0.4, -0.2) is 37.1 Å². The molecule has 0 aromatic carbocycles. The molecule has 0 aliphatic carbocycles. The van der Waals surface area contributed by atoms with E-state index in [-0.39, 0.29) is 17.9 Å². The van der Waals surface area contributed by atoms with Crippen molar-refractivity contribution in [1.82, 2.24) is 25.5 Å². The molecule has 2 aromatic rings. The second kappa shape index (κ2) is 5.04. The van der Waals surface area contributed by atoms with Crippen LogP contribution in [0.25, 0.3) is 0 Å². The molecular formula is C10H9N5O3. The summed E-state index contributed by atoms with van der Waals surface area (Å²) in [6, 6.07) is 4.21. The van der Waals surface area contributed by atoms with Crippen LogP contribution in [0, 0.1) is 0 Å². The van der Waals surface area contributed by atoms with Crippen molar-refractivity contribution in [3.05, 3.63) is 41.7 Å². The van der Waals surface area contributed by atoms with Crippen LogP contribution < -0.4 is 5.32 Å². The highest BCUT2D eigenvalue weighted by molar-refractivity contribution is 5.94. The fourth-order valence-electron chi connectivity index (χ4n) is 1.25. The van der Waals surface area contributed by atoms with E-state index in [1.54, 1.807) is 0 Å². The SMILES string of the molecule is O=C(O)c1cccc(C(=O)NCc2ncn[nH]2)n1. The van der Waals surface area contributed by atoms with Crippen molar-refractivity contribution in [2.45, 2.75) is 6.54 Å². The Labute approximate surface area is 101 Å². The van der Waals surface area contributed by atoms with Gasteiger partial charge in [-0.25, -0.2) is 14.8 Å². The van der Waals surface area contributed by atoms with E-state index in [1.165, 1.54) is 24.5 Å². The molecule has 2 aromatic heterocycles. The largest absolute Gasteiger partial charge is 0.477 e. The van der Waals surface area contributed by atoms with Crippen molar-refractivity contribution in [1.29, 1.82) is 0 Å². The number of carbonyl (C=O) groups is 2. The zero-order valence-electron chi connectivity index (χ0n) is 9.12. The molecule has 18 heavy (non-hydrogen) atoms.